The highest BCUT2D eigenvalue weighted by Crippen LogP contribution is 2.37. The van der Waals surface area contributed by atoms with Crippen LogP contribution in [0.3, 0.4) is 0 Å². The zero-order valence-electron chi connectivity index (χ0n) is 9.99. The number of ether oxygens (including phenoxy) is 3. The van der Waals surface area contributed by atoms with Crippen molar-refractivity contribution in [3.05, 3.63) is 23.8 Å². The monoisotopic (exact) mass is 235 g/mol. The van der Waals surface area contributed by atoms with Crippen LogP contribution >= 0.6 is 0 Å². The average Bonchev–Trinajstić information content (AvgIpc) is 2.39. The molecule has 0 bridgehead atoms. The molecule has 0 aliphatic carbocycles. The fourth-order valence-corrected chi connectivity index (χ4v) is 2.39. The van der Waals surface area contributed by atoms with E-state index in [1.165, 1.54) is 0 Å². The lowest BCUT2D eigenvalue weighted by Gasteiger charge is -2.41. The molecule has 92 valence electrons. The van der Waals surface area contributed by atoms with Crippen molar-refractivity contribution in [2.24, 2.45) is 0 Å². The summed E-state index contributed by atoms with van der Waals surface area (Å²) in [6, 6.07) is 5.88. The van der Waals surface area contributed by atoms with Crippen LogP contribution in [0.4, 0.5) is 0 Å². The third kappa shape index (κ3) is 1.98. The van der Waals surface area contributed by atoms with Crippen LogP contribution in [0, 0.1) is 0 Å². The molecule has 1 N–H and O–H groups in total. The van der Waals surface area contributed by atoms with Crippen molar-refractivity contribution >= 4 is 0 Å². The molecule has 0 unspecified atom stereocenters. The molecule has 2 heterocycles. The minimum absolute atomic E-state index is 0.410. The molecule has 0 amide bonds. The summed E-state index contributed by atoms with van der Waals surface area (Å²) in [6.45, 7) is 2.50. The first kappa shape index (κ1) is 10.9. The van der Waals surface area contributed by atoms with Crippen molar-refractivity contribution in [1.29, 1.82) is 0 Å². The van der Waals surface area contributed by atoms with Crippen LogP contribution < -0.4 is 14.8 Å². The Morgan fingerprint density at radius 1 is 1.29 bits per heavy atom. The fraction of sp³-hybridized carbons (Fsp3) is 0.538. The molecule has 0 aromatic heterocycles. The average molecular weight is 235 g/mol. The molecular formula is C13H17NO3. The summed E-state index contributed by atoms with van der Waals surface area (Å²) < 4.78 is 17.2. The van der Waals surface area contributed by atoms with Crippen LogP contribution in [0.1, 0.15) is 18.4 Å². The van der Waals surface area contributed by atoms with Crippen LogP contribution in [0.2, 0.25) is 0 Å². The topological polar surface area (TPSA) is 39.7 Å². The first-order valence-electron chi connectivity index (χ1n) is 6.02. The summed E-state index contributed by atoms with van der Waals surface area (Å²) in [5.74, 6) is 1.36. The number of methoxy groups -OCH3 is 1. The molecular weight excluding hydrogens is 218 g/mol. The summed E-state index contributed by atoms with van der Waals surface area (Å²) in [5.41, 5.74) is 1.06. The Bertz CT molecular complexity index is 413. The Hall–Kier alpha value is -1.26. The van der Waals surface area contributed by atoms with Gasteiger partial charge < -0.3 is 19.5 Å². The highest BCUT2D eigenvalue weighted by molar-refractivity contribution is 5.41. The number of hydrogen-bond donors (Lipinski definition) is 1. The number of nitrogens with one attached hydrogen (secondary N) is 1. The normalized spacial score (nSPS) is 21.7. The van der Waals surface area contributed by atoms with Gasteiger partial charge in [0, 0.05) is 31.5 Å². The molecule has 4 nitrogen and oxygen atoms in total. The molecule has 0 saturated carbocycles. The minimum Gasteiger partial charge on any atom is -0.497 e. The van der Waals surface area contributed by atoms with Gasteiger partial charge in [0.25, 0.3) is 0 Å². The summed E-state index contributed by atoms with van der Waals surface area (Å²) in [5, 5.41) is 3.32. The quantitative estimate of drug-likeness (QED) is 0.804. The number of hydrogen-bond acceptors (Lipinski definition) is 4. The van der Waals surface area contributed by atoms with Gasteiger partial charge in [-0.25, -0.2) is 0 Å². The van der Waals surface area contributed by atoms with Gasteiger partial charge >= 0.3 is 0 Å². The molecule has 1 aromatic rings. The van der Waals surface area contributed by atoms with Gasteiger partial charge in [-0.3, -0.25) is 0 Å². The largest absolute Gasteiger partial charge is 0.497 e. The smallest absolute Gasteiger partial charge is 0.213 e. The van der Waals surface area contributed by atoms with Gasteiger partial charge in [0.05, 0.1) is 13.7 Å². The van der Waals surface area contributed by atoms with Crippen molar-refractivity contribution in [3.63, 3.8) is 0 Å². The van der Waals surface area contributed by atoms with E-state index in [0.29, 0.717) is 6.61 Å². The lowest BCUT2D eigenvalue weighted by atomic mass is 10.0. The van der Waals surface area contributed by atoms with Crippen LogP contribution in [-0.2, 0) is 11.3 Å². The second-order valence-electron chi connectivity index (χ2n) is 4.53. The van der Waals surface area contributed by atoms with E-state index < -0.39 is 5.79 Å². The van der Waals surface area contributed by atoms with E-state index in [4.69, 9.17) is 14.2 Å². The van der Waals surface area contributed by atoms with E-state index in [1.54, 1.807) is 7.11 Å². The lowest BCUT2D eigenvalue weighted by Crippen LogP contribution is -2.49. The Kier molecular flexibility index (Phi) is 2.68. The molecule has 1 aromatic carbocycles. The highest BCUT2D eigenvalue weighted by atomic mass is 16.7. The molecule has 3 rings (SSSR count). The zero-order chi connectivity index (χ0) is 11.7. The van der Waals surface area contributed by atoms with Crippen molar-refractivity contribution < 1.29 is 14.2 Å². The lowest BCUT2D eigenvalue weighted by molar-refractivity contribution is -0.218. The van der Waals surface area contributed by atoms with Crippen molar-refractivity contribution in [3.8, 4) is 11.5 Å². The van der Waals surface area contributed by atoms with Crippen LogP contribution in [0.15, 0.2) is 18.2 Å². The Balaban J connectivity index is 1.85. The molecule has 2 aliphatic rings. The van der Waals surface area contributed by atoms with Crippen molar-refractivity contribution in [2.75, 3.05) is 20.2 Å². The molecule has 1 spiro atoms. The summed E-state index contributed by atoms with van der Waals surface area (Å²) in [6.07, 6.45) is 1.80. The van der Waals surface area contributed by atoms with E-state index in [0.717, 1.165) is 43.0 Å². The molecule has 4 heteroatoms. The zero-order valence-corrected chi connectivity index (χ0v) is 9.99. The van der Waals surface area contributed by atoms with E-state index in [1.807, 2.05) is 18.2 Å². The SMILES string of the molecule is COc1ccc2c(c1)COC1(CCNCC1)O2. The summed E-state index contributed by atoms with van der Waals surface area (Å²) >= 11 is 0. The first-order valence-corrected chi connectivity index (χ1v) is 6.02. The van der Waals surface area contributed by atoms with Crippen LogP contribution in [-0.4, -0.2) is 26.0 Å². The van der Waals surface area contributed by atoms with Crippen LogP contribution in [0.5, 0.6) is 11.5 Å². The number of fused-ring (bicyclic) bond motifs is 1. The molecule has 17 heavy (non-hydrogen) atoms. The standard InChI is InChI=1S/C13H17NO3/c1-15-11-2-3-12-10(8-11)9-16-13(17-12)4-6-14-7-5-13/h2-3,8,14H,4-7,9H2,1H3. The van der Waals surface area contributed by atoms with Gasteiger partial charge in [0.1, 0.15) is 11.5 Å². The van der Waals surface area contributed by atoms with Gasteiger partial charge in [0.2, 0.25) is 5.79 Å². The Morgan fingerprint density at radius 2 is 2.12 bits per heavy atom. The third-order valence-corrected chi connectivity index (χ3v) is 3.42. The number of benzene rings is 1. The molecule has 2 aliphatic heterocycles. The number of piperidine rings is 1. The Morgan fingerprint density at radius 3 is 2.88 bits per heavy atom. The first-order chi connectivity index (χ1) is 8.31. The summed E-state index contributed by atoms with van der Waals surface area (Å²) in [4.78, 5) is 0. The van der Waals surface area contributed by atoms with Crippen LogP contribution in [0.25, 0.3) is 0 Å². The van der Waals surface area contributed by atoms with Gasteiger partial charge in [-0.15, -0.1) is 0 Å². The maximum atomic E-state index is 6.04. The predicted molar refractivity (Wildman–Crippen MR) is 63.2 cm³/mol. The predicted octanol–water partition coefficient (Wildman–Crippen LogP) is 1.68. The van der Waals surface area contributed by atoms with Gasteiger partial charge in [0.15, 0.2) is 0 Å². The van der Waals surface area contributed by atoms with Gasteiger partial charge in [-0.05, 0) is 18.2 Å². The molecule has 1 fully saturated rings. The van der Waals surface area contributed by atoms with E-state index >= 15 is 0 Å². The van der Waals surface area contributed by atoms with E-state index in [2.05, 4.69) is 5.32 Å². The number of rotatable bonds is 1. The minimum atomic E-state index is -0.410. The second kappa shape index (κ2) is 4.20. The Labute approximate surface area is 101 Å². The van der Waals surface area contributed by atoms with E-state index in [-0.39, 0.29) is 0 Å². The van der Waals surface area contributed by atoms with Gasteiger partial charge in [-0.1, -0.05) is 0 Å². The molecule has 0 radical (unpaired) electrons. The van der Waals surface area contributed by atoms with Gasteiger partial charge in [-0.2, -0.15) is 0 Å². The molecule has 0 atom stereocenters. The van der Waals surface area contributed by atoms with E-state index in [9.17, 15) is 0 Å². The highest BCUT2D eigenvalue weighted by Gasteiger charge is 2.38. The maximum Gasteiger partial charge on any atom is 0.213 e. The summed E-state index contributed by atoms with van der Waals surface area (Å²) in [7, 11) is 1.67. The molecule has 1 saturated heterocycles. The van der Waals surface area contributed by atoms with Crippen molar-refractivity contribution in [2.45, 2.75) is 25.2 Å². The second-order valence-corrected chi connectivity index (χ2v) is 4.53. The maximum absolute atomic E-state index is 6.04. The fourth-order valence-electron chi connectivity index (χ4n) is 2.39. The van der Waals surface area contributed by atoms with Crippen molar-refractivity contribution in [1.82, 2.24) is 5.32 Å². The third-order valence-electron chi connectivity index (χ3n) is 3.42.